The molecule has 0 aliphatic rings. The van der Waals surface area contributed by atoms with Gasteiger partial charge in [-0.3, -0.25) is 4.79 Å². The zero-order valence-corrected chi connectivity index (χ0v) is 10.8. The van der Waals surface area contributed by atoms with E-state index in [4.69, 9.17) is 4.52 Å². The number of aryl methyl sites for hydroxylation is 2. The largest absolute Gasteiger partial charge is 0.361 e. The van der Waals surface area contributed by atoms with E-state index in [1.54, 1.807) is 17.9 Å². The number of benzene rings is 1. The molecule has 0 radical (unpaired) electrons. The Morgan fingerprint density at radius 2 is 2.11 bits per heavy atom. The minimum absolute atomic E-state index is 0.139. The molecule has 0 spiro atoms. The average Bonchev–Trinajstić information content (AvgIpc) is 2.77. The summed E-state index contributed by atoms with van der Waals surface area (Å²) in [5, 5.41) is 3.77. The third-order valence-electron chi connectivity index (χ3n) is 2.72. The average molecular weight is 244 g/mol. The predicted octanol–water partition coefficient (Wildman–Crippen LogP) is 2.96. The third kappa shape index (κ3) is 2.42. The van der Waals surface area contributed by atoms with Crippen molar-refractivity contribution in [2.24, 2.45) is 0 Å². The lowest BCUT2D eigenvalue weighted by Gasteiger charge is -2.20. The zero-order valence-electron chi connectivity index (χ0n) is 10.8. The number of hydrogen-bond donors (Lipinski definition) is 0. The molecule has 0 N–H and O–H groups in total. The van der Waals surface area contributed by atoms with Crippen molar-refractivity contribution in [3.05, 3.63) is 47.3 Å². The Bertz CT molecular complexity index is 560. The van der Waals surface area contributed by atoms with E-state index in [1.165, 1.54) is 0 Å². The molecule has 94 valence electrons. The first-order chi connectivity index (χ1) is 8.61. The highest BCUT2D eigenvalue weighted by molar-refractivity contribution is 6.04. The Morgan fingerprint density at radius 3 is 2.67 bits per heavy atom. The van der Waals surface area contributed by atoms with Crippen LogP contribution in [0.15, 0.2) is 34.9 Å². The van der Waals surface area contributed by atoms with Crippen LogP contribution in [0, 0.1) is 13.8 Å². The van der Waals surface area contributed by atoms with Crippen LogP contribution in [-0.4, -0.2) is 17.6 Å². The summed E-state index contributed by atoms with van der Waals surface area (Å²) in [5.41, 5.74) is 2.34. The van der Waals surface area contributed by atoms with Gasteiger partial charge >= 0.3 is 0 Å². The SMILES string of the molecule is CCN(C(=O)c1cc(C)on1)c1cccc(C)c1. The van der Waals surface area contributed by atoms with Gasteiger partial charge in [0.05, 0.1) is 0 Å². The van der Waals surface area contributed by atoms with Crippen molar-refractivity contribution < 1.29 is 9.32 Å². The van der Waals surface area contributed by atoms with Gasteiger partial charge in [-0.25, -0.2) is 0 Å². The van der Waals surface area contributed by atoms with Crippen LogP contribution >= 0.6 is 0 Å². The molecule has 2 rings (SSSR count). The molecule has 1 aromatic carbocycles. The summed E-state index contributed by atoms with van der Waals surface area (Å²) in [6, 6.07) is 9.49. The Kier molecular flexibility index (Phi) is 3.46. The van der Waals surface area contributed by atoms with E-state index < -0.39 is 0 Å². The molecule has 0 fully saturated rings. The quantitative estimate of drug-likeness (QED) is 0.833. The molecule has 4 nitrogen and oxygen atoms in total. The highest BCUT2D eigenvalue weighted by Gasteiger charge is 2.19. The molecule has 0 atom stereocenters. The second kappa shape index (κ2) is 5.04. The number of amides is 1. The maximum atomic E-state index is 12.3. The zero-order chi connectivity index (χ0) is 13.1. The summed E-state index contributed by atoms with van der Waals surface area (Å²) in [4.78, 5) is 14.0. The van der Waals surface area contributed by atoms with E-state index in [-0.39, 0.29) is 5.91 Å². The fourth-order valence-electron chi connectivity index (χ4n) is 1.84. The maximum absolute atomic E-state index is 12.3. The van der Waals surface area contributed by atoms with Gasteiger partial charge in [-0.05, 0) is 38.5 Å². The first-order valence-electron chi connectivity index (χ1n) is 5.93. The summed E-state index contributed by atoms with van der Waals surface area (Å²) in [5.74, 6) is 0.499. The first-order valence-corrected chi connectivity index (χ1v) is 5.93. The van der Waals surface area contributed by atoms with Gasteiger partial charge in [0, 0.05) is 18.3 Å². The minimum Gasteiger partial charge on any atom is -0.361 e. The third-order valence-corrected chi connectivity index (χ3v) is 2.72. The van der Waals surface area contributed by atoms with E-state index in [2.05, 4.69) is 5.16 Å². The molecule has 1 heterocycles. The number of carbonyl (C=O) groups excluding carboxylic acids is 1. The van der Waals surface area contributed by atoms with Crippen molar-refractivity contribution in [2.75, 3.05) is 11.4 Å². The lowest BCUT2D eigenvalue weighted by Crippen LogP contribution is -2.30. The molecular formula is C14H16N2O2. The van der Waals surface area contributed by atoms with Gasteiger partial charge in [-0.2, -0.15) is 0 Å². The number of nitrogens with zero attached hydrogens (tertiary/aromatic N) is 2. The van der Waals surface area contributed by atoms with Gasteiger partial charge in [0.25, 0.3) is 5.91 Å². The fourth-order valence-corrected chi connectivity index (χ4v) is 1.84. The summed E-state index contributed by atoms with van der Waals surface area (Å²) >= 11 is 0. The van der Waals surface area contributed by atoms with Crippen LogP contribution in [0.5, 0.6) is 0 Å². The van der Waals surface area contributed by atoms with Crippen molar-refractivity contribution in [3.8, 4) is 0 Å². The van der Waals surface area contributed by atoms with Crippen molar-refractivity contribution >= 4 is 11.6 Å². The van der Waals surface area contributed by atoms with Crippen molar-refractivity contribution in [2.45, 2.75) is 20.8 Å². The minimum atomic E-state index is -0.139. The second-order valence-corrected chi connectivity index (χ2v) is 4.21. The van der Waals surface area contributed by atoms with Crippen molar-refractivity contribution in [1.82, 2.24) is 5.16 Å². The van der Waals surface area contributed by atoms with Gasteiger partial charge < -0.3 is 9.42 Å². The predicted molar refractivity (Wildman–Crippen MR) is 69.8 cm³/mol. The van der Waals surface area contributed by atoms with E-state index >= 15 is 0 Å². The van der Waals surface area contributed by atoms with E-state index in [1.807, 2.05) is 38.1 Å². The molecule has 1 aromatic heterocycles. The fraction of sp³-hybridized carbons (Fsp3) is 0.286. The topological polar surface area (TPSA) is 46.3 Å². The van der Waals surface area contributed by atoms with Gasteiger partial charge in [-0.15, -0.1) is 0 Å². The summed E-state index contributed by atoms with van der Waals surface area (Å²) in [7, 11) is 0. The standard InChI is InChI=1S/C14H16N2O2/c1-4-16(12-7-5-6-10(2)8-12)14(17)13-9-11(3)18-15-13/h5-9H,4H2,1-3H3. The lowest BCUT2D eigenvalue weighted by atomic mass is 10.2. The number of carbonyl (C=O) groups is 1. The van der Waals surface area contributed by atoms with Crippen molar-refractivity contribution in [1.29, 1.82) is 0 Å². The van der Waals surface area contributed by atoms with Crippen LogP contribution in [0.4, 0.5) is 5.69 Å². The molecule has 2 aromatic rings. The Balaban J connectivity index is 2.31. The Morgan fingerprint density at radius 1 is 1.33 bits per heavy atom. The lowest BCUT2D eigenvalue weighted by molar-refractivity contribution is 0.0979. The molecule has 0 aliphatic heterocycles. The molecular weight excluding hydrogens is 228 g/mol. The van der Waals surface area contributed by atoms with Gasteiger partial charge in [-0.1, -0.05) is 17.3 Å². The summed E-state index contributed by atoms with van der Waals surface area (Å²) in [6.45, 7) is 6.30. The maximum Gasteiger partial charge on any atom is 0.280 e. The Labute approximate surface area is 106 Å². The summed E-state index contributed by atoms with van der Waals surface area (Å²) in [6.07, 6.45) is 0. The highest BCUT2D eigenvalue weighted by atomic mass is 16.5. The normalized spacial score (nSPS) is 10.4. The molecule has 18 heavy (non-hydrogen) atoms. The number of anilines is 1. The second-order valence-electron chi connectivity index (χ2n) is 4.21. The molecule has 1 amide bonds. The molecule has 0 bridgehead atoms. The van der Waals surface area contributed by atoms with Crippen LogP contribution in [0.1, 0.15) is 28.7 Å². The number of aromatic nitrogens is 1. The van der Waals surface area contributed by atoms with Gasteiger partial charge in [0.1, 0.15) is 5.76 Å². The van der Waals surface area contributed by atoms with Crippen LogP contribution in [0.2, 0.25) is 0 Å². The van der Waals surface area contributed by atoms with Crippen molar-refractivity contribution in [3.63, 3.8) is 0 Å². The monoisotopic (exact) mass is 244 g/mol. The molecule has 0 saturated carbocycles. The molecule has 0 aliphatic carbocycles. The van der Waals surface area contributed by atoms with E-state index in [0.717, 1.165) is 11.3 Å². The smallest absolute Gasteiger partial charge is 0.280 e. The van der Waals surface area contributed by atoms with Crippen LogP contribution < -0.4 is 4.90 Å². The number of rotatable bonds is 3. The van der Waals surface area contributed by atoms with Crippen LogP contribution in [-0.2, 0) is 0 Å². The first kappa shape index (κ1) is 12.4. The molecule has 0 saturated heterocycles. The van der Waals surface area contributed by atoms with Crippen LogP contribution in [0.25, 0.3) is 0 Å². The summed E-state index contributed by atoms with van der Waals surface area (Å²) < 4.78 is 4.94. The molecule has 0 unspecified atom stereocenters. The van der Waals surface area contributed by atoms with Gasteiger partial charge in [0.15, 0.2) is 5.69 Å². The highest BCUT2D eigenvalue weighted by Crippen LogP contribution is 2.18. The Hall–Kier alpha value is -2.10. The number of hydrogen-bond acceptors (Lipinski definition) is 3. The van der Waals surface area contributed by atoms with Gasteiger partial charge in [0.2, 0.25) is 0 Å². The molecule has 4 heteroatoms. The van der Waals surface area contributed by atoms with Crippen LogP contribution in [0.3, 0.4) is 0 Å². The van der Waals surface area contributed by atoms with E-state index in [9.17, 15) is 4.79 Å². The van der Waals surface area contributed by atoms with E-state index in [0.29, 0.717) is 18.0 Å².